The Balaban J connectivity index is 1.71. The van der Waals surface area contributed by atoms with Gasteiger partial charge in [0.2, 0.25) is 11.7 Å². The number of rotatable bonds is 4. The third-order valence-corrected chi connectivity index (χ3v) is 3.82. The Hall–Kier alpha value is -3.16. The zero-order chi connectivity index (χ0) is 18.0. The van der Waals surface area contributed by atoms with Gasteiger partial charge in [-0.05, 0) is 32.9 Å². The second-order valence-electron chi connectivity index (χ2n) is 5.71. The fraction of sp³-hybridized carbons (Fsp3) is 0.294. The number of amidine groups is 1. The van der Waals surface area contributed by atoms with Crippen LogP contribution in [0.4, 0.5) is 5.69 Å². The standard InChI is InChI=1S/C17H19N5O3/c1-10-12(3)25-14(19-10)9-18-16(23)15-20-11(2)17(24)22(21-15)13-7-5-4-6-8-13/h4-8,11H,9H2,1-3H3,(H,18,23)(H,20,21). The largest absolute Gasteiger partial charge is 0.444 e. The number of hydrogen-bond donors (Lipinski definition) is 2. The molecule has 0 radical (unpaired) electrons. The highest BCUT2D eigenvalue weighted by Gasteiger charge is 2.30. The minimum absolute atomic E-state index is 0.0657. The molecule has 3 rings (SSSR count). The van der Waals surface area contributed by atoms with Crippen molar-refractivity contribution in [1.82, 2.24) is 15.7 Å². The molecule has 1 aromatic carbocycles. The van der Waals surface area contributed by atoms with Gasteiger partial charge in [0.05, 0.1) is 17.9 Å². The van der Waals surface area contributed by atoms with Crippen LogP contribution in [0.15, 0.2) is 39.7 Å². The Labute approximate surface area is 144 Å². The van der Waals surface area contributed by atoms with E-state index in [2.05, 4.69) is 20.7 Å². The summed E-state index contributed by atoms with van der Waals surface area (Å²) in [5, 5.41) is 4.02. The van der Waals surface area contributed by atoms with Gasteiger partial charge in [-0.1, -0.05) is 18.2 Å². The lowest BCUT2D eigenvalue weighted by Gasteiger charge is -2.30. The molecule has 0 bridgehead atoms. The second-order valence-corrected chi connectivity index (χ2v) is 5.71. The van der Waals surface area contributed by atoms with Gasteiger partial charge in [0.15, 0.2) is 0 Å². The van der Waals surface area contributed by atoms with E-state index in [1.165, 1.54) is 5.01 Å². The van der Waals surface area contributed by atoms with Gasteiger partial charge in [-0.2, -0.15) is 0 Å². The topological polar surface area (TPSA) is 99.8 Å². The number of anilines is 1. The highest BCUT2D eigenvalue weighted by molar-refractivity contribution is 6.39. The predicted octanol–water partition coefficient (Wildman–Crippen LogP) is 1.25. The maximum Gasteiger partial charge on any atom is 0.288 e. The van der Waals surface area contributed by atoms with Crippen LogP contribution < -0.4 is 15.8 Å². The fourth-order valence-electron chi connectivity index (χ4n) is 2.36. The average molecular weight is 341 g/mol. The molecule has 1 aliphatic rings. The summed E-state index contributed by atoms with van der Waals surface area (Å²) in [5.74, 6) is 0.530. The number of aromatic nitrogens is 1. The van der Waals surface area contributed by atoms with Crippen LogP contribution in [-0.2, 0) is 16.1 Å². The van der Waals surface area contributed by atoms with E-state index in [1.807, 2.05) is 32.0 Å². The van der Waals surface area contributed by atoms with Crippen molar-refractivity contribution in [1.29, 1.82) is 0 Å². The molecule has 2 heterocycles. The van der Waals surface area contributed by atoms with E-state index in [0.29, 0.717) is 17.3 Å². The van der Waals surface area contributed by atoms with Gasteiger partial charge in [-0.25, -0.2) is 15.0 Å². The molecule has 2 aromatic rings. The Morgan fingerprint density at radius 2 is 2.04 bits per heavy atom. The Bertz CT molecular complexity index is 809. The number of para-hydroxylation sites is 1. The van der Waals surface area contributed by atoms with Crippen LogP contribution >= 0.6 is 0 Å². The number of nitrogens with one attached hydrogen (secondary N) is 2. The molecule has 0 aliphatic carbocycles. The zero-order valence-corrected chi connectivity index (χ0v) is 14.2. The number of aliphatic imine (C=N–C) groups is 1. The van der Waals surface area contributed by atoms with Crippen LogP contribution in [0.1, 0.15) is 24.3 Å². The molecular formula is C17H19N5O3. The van der Waals surface area contributed by atoms with Crippen LogP contribution in [0.5, 0.6) is 0 Å². The number of hydrogen-bond acceptors (Lipinski definition) is 6. The van der Waals surface area contributed by atoms with Crippen molar-refractivity contribution < 1.29 is 14.0 Å². The molecule has 0 saturated heterocycles. The molecule has 1 aliphatic heterocycles. The summed E-state index contributed by atoms with van der Waals surface area (Å²) in [7, 11) is 0. The molecule has 1 unspecified atom stereocenters. The van der Waals surface area contributed by atoms with E-state index in [4.69, 9.17) is 4.42 Å². The molecule has 1 atom stereocenters. The average Bonchev–Trinajstić information content (AvgIpc) is 2.94. The molecule has 1 aromatic heterocycles. The predicted molar refractivity (Wildman–Crippen MR) is 91.8 cm³/mol. The molecule has 130 valence electrons. The number of carbonyl (C=O) groups excluding carboxylic acids is 2. The summed E-state index contributed by atoms with van der Waals surface area (Å²) in [6, 6.07) is 8.37. The maximum atomic E-state index is 12.4. The molecule has 0 fully saturated rings. The van der Waals surface area contributed by atoms with E-state index >= 15 is 0 Å². The normalized spacial score (nSPS) is 17.1. The SMILES string of the molecule is Cc1nc(CNC(=O)C2=NC(C)C(=O)N(c3ccccc3)N2)oc1C. The van der Waals surface area contributed by atoms with Crippen molar-refractivity contribution in [2.24, 2.45) is 4.99 Å². The number of aryl methyl sites for hydroxylation is 2. The molecular weight excluding hydrogens is 322 g/mol. The van der Waals surface area contributed by atoms with Crippen molar-refractivity contribution in [3.05, 3.63) is 47.7 Å². The quantitative estimate of drug-likeness (QED) is 0.872. The summed E-state index contributed by atoms with van der Waals surface area (Å²) < 4.78 is 5.43. The van der Waals surface area contributed by atoms with E-state index in [1.54, 1.807) is 19.1 Å². The van der Waals surface area contributed by atoms with Gasteiger partial charge in [0, 0.05) is 0 Å². The van der Waals surface area contributed by atoms with Crippen LogP contribution in [0, 0.1) is 13.8 Å². The number of hydrazine groups is 1. The fourth-order valence-corrected chi connectivity index (χ4v) is 2.36. The number of carbonyl (C=O) groups is 2. The summed E-state index contributed by atoms with van der Waals surface area (Å²) in [4.78, 5) is 33.0. The van der Waals surface area contributed by atoms with Crippen molar-refractivity contribution in [3.63, 3.8) is 0 Å². The zero-order valence-electron chi connectivity index (χ0n) is 14.2. The molecule has 8 heteroatoms. The third-order valence-electron chi connectivity index (χ3n) is 3.82. The van der Waals surface area contributed by atoms with Gasteiger partial charge in [-0.15, -0.1) is 0 Å². The first-order valence-corrected chi connectivity index (χ1v) is 7.90. The maximum absolute atomic E-state index is 12.4. The molecule has 0 spiro atoms. The van der Waals surface area contributed by atoms with Gasteiger partial charge in [-0.3, -0.25) is 15.0 Å². The van der Waals surface area contributed by atoms with Crippen molar-refractivity contribution in [3.8, 4) is 0 Å². The molecule has 2 amide bonds. The van der Waals surface area contributed by atoms with Gasteiger partial charge < -0.3 is 9.73 Å². The Kier molecular flexibility index (Phi) is 4.51. The second kappa shape index (κ2) is 6.76. The summed E-state index contributed by atoms with van der Waals surface area (Å²) in [5.41, 5.74) is 4.19. The van der Waals surface area contributed by atoms with Crippen LogP contribution in [0.2, 0.25) is 0 Å². The Morgan fingerprint density at radius 1 is 1.32 bits per heavy atom. The number of nitrogens with zero attached hydrogens (tertiary/aromatic N) is 3. The Morgan fingerprint density at radius 3 is 2.68 bits per heavy atom. The third kappa shape index (κ3) is 3.52. The molecule has 25 heavy (non-hydrogen) atoms. The van der Waals surface area contributed by atoms with E-state index in [0.717, 1.165) is 5.69 Å². The molecule has 8 nitrogen and oxygen atoms in total. The summed E-state index contributed by atoms with van der Waals surface area (Å²) in [6.45, 7) is 5.43. The lowest BCUT2D eigenvalue weighted by atomic mass is 10.2. The number of oxazole rings is 1. The highest BCUT2D eigenvalue weighted by Crippen LogP contribution is 2.16. The minimum Gasteiger partial charge on any atom is -0.444 e. The highest BCUT2D eigenvalue weighted by atomic mass is 16.4. The lowest BCUT2D eigenvalue weighted by Crippen LogP contribution is -2.57. The van der Waals surface area contributed by atoms with Crippen molar-refractivity contribution >= 4 is 23.3 Å². The first kappa shape index (κ1) is 16.7. The van der Waals surface area contributed by atoms with E-state index in [-0.39, 0.29) is 18.3 Å². The first-order valence-electron chi connectivity index (χ1n) is 7.90. The number of amides is 2. The van der Waals surface area contributed by atoms with E-state index < -0.39 is 11.9 Å². The summed E-state index contributed by atoms with van der Waals surface area (Å²) >= 11 is 0. The molecule has 0 saturated carbocycles. The van der Waals surface area contributed by atoms with Crippen LogP contribution in [-0.4, -0.2) is 28.7 Å². The van der Waals surface area contributed by atoms with Crippen molar-refractivity contribution in [2.75, 3.05) is 5.01 Å². The van der Waals surface area contributed by atoms with Crippen LogP contribution in [0.25, 0.3) is 0 Å². The van der Waals surface area contributed by atoms with E-state index in [9.17, 15) is 9.59 Å². The lowest BCUT2D eigenvalue weighted by molar-refractivity contribution is -0.120. The smallest absolute Gasteiger partial charge is 0.288 e. The van der Waals surface area contributed by atoms with Crippen LogP contribution in [0.3, 0.4) is 0 Å². The van der Waals surface area contributed by atoms with Gasteiger partial charge in [0.1, 0.15) is 11.8 Å². The van der Waals surface area contributed by atoms with Gasteiger partial charge >= 0.3 is 0 Å². The summed E-state index contributed by atoms with van der Waals surface area (Å²) in [6.07, 6.45) is 0. The number of benzene rings is 1. The van der Waals surface area contributed by atoms with Gasteiger partial charge in [0.25, 0.3) is 11.8 Å². The molecule has 2 N–H and O–H groups in total. The monoisotopic (exact) mass is 341 g/mol. The first-order chi connectivity index (χ1) is 12.0. The minimum atomic E-state index is -0.659. The van der Waals surface area contributed by atoms with Crippen molar-refractivity contribution in [2.45, 2.75) is 33.4 Å².